The molecule has 1 aliphatic heterocycles. The van der Waals surface area contributed by atoms with Crippen molar-refractivity contribution in [2.24, 2.45) is 0 Å². The third-order valence-corrected chi connectivity index (χ3v) is 4.97. The second-order valence-corrected chi connectivity index (χ2v) is 6.51. The molecule has 1 amide bonds. The van der Waals surface area contributed by atoms with Gasteiger partial charge in [-0.3, -0.25) is 4.79 Å². The van der Waals surface area contributed by atoms with Crippen molar-refractivity contribution in [1.82, 2.24) is 20.4 Å². The Labute approximate surface area is 138 Å². The molecule has 1 saturated carbocycles. The summed E-state index contributed by atoms with van der Waals surface area (Å²) in [5.74, 6) is 0.779. The van der Waals surface area contributed by atoms with E-state index in [9.17, 15) is 4.79 Å². The van der Waals surface area contributed by atoms with Gasteiger partial charge in [0.1, 0.15) is 0 Å². The molecule has 1 aromatic heterocycles. The quantitative estimate of drug-likeness (QED) is 0.915. The van der Waals surface area contributed by atoms with Gasteiger partial charge in [-0.25, -0.2) is 0 Å². The maximum absolute atomic E-state index is 12.2. The average Bonchev–Trinajstić information content (AvgIpc) is 2.63. The number of piperazine rings is 1. The summed E-state index contributed by atoms with van der Waals surface area (Å²) in [7, 11) is 0. The van der Waals surface area contributed by atoms with Crippen molar-refractivity contribution in [1.29, 1.82) is 0 Å². The van der Waals surface area contributed by atoms with Crippen LogP contribution < -0.4 is 10.2 Å². The maximum Gasteiger partial charge on any atom is 0.272 e. The molecule has 3 rings (SSSR count). The molecule has 0 bridgehead atoms. The fourth-order valence-corrected chi connectivity index (χ4v) is 3.41. The van der Waals surface area contributed by atoms with Gasteiger partial charge in [-0.15, -0.1) is 10.2 Å². The Hall–Kier alpha value is -1.69. The lowest BCUT2D eigenvalue weighted by Crippen LogP contribution is -2.46. The number of hydrogen-bond acceptors (Lipinski definition) is 5. The van der Waals surface area contributed by atoms with E-state index < -0.39 is 0 Å². The first kappa shape index (κ1) is 16.2. The standard InChI is InChI=1S/C17H27N5O/c1-2-21-10-12-22(13-11-21)16-9-8-15(19-20-16)17(23)18-14-6-4-3-5-7-14/h8-9,14H,2-7,10-13H2,1H3,(H,18,23). The van der Waals surface area contributed by atoms with Gasteiger partial charge >= 0.3 is 0 Å². The molecular weight excluding hydrogens is 290 g/mol. The molecule has 1 aromatic rings. The van der Waals surface area contributed by atoms with Gasteiger partial charge in [0, 0.05) is 32.2 Å². The molecular formula is C17H27N5O. The molecule has 1 N–H and O–H groups in total. The zero-order valence-electron chi connectivity index (χ0n) is 14.0. The van der Waals surface area contributed by atoms with Crippen molar-refractivity contribution in [3.63, 3.8) is 0 Å². The first-order chi connectivity index (χ1) is 11.3. The fraction of sp³-hybridized carbons (Fsp3) is 0.706. The lowest BCUT2D eigenvalue weighted by atomic mass is 9.95. The van der Waals surface area contributed by atoms with E-state index in [1.165, 1.54) is 19.3 Å². The molecule has 1 saturated heterocycles. The van der Waals surface area contributed by atoms with Crippen molar-refractivity contribution >= 4 is 11.7 Å². The smallest absolute Gasteiger partial charge is 0.272 e. The molecule has 0 radical (unpaired) electrons. The largest absolute Gasteiger partial charge is 0.353 e. The molecule has 1 aliphatic carbocycles. The molecule has 23 heavy (non-hydrogen) atoms. The Morgan fingerprint density at radius 3 is 2.48 bits per heavy atom. The Kier molecular flexibility index (Phi) is 5.43. The number of carbonyl (C=O) groups excluding carboxylic acids is 1. The van der Waals surface area contributed by atoms with E-state index in [0.717, 1.165) is 51.4 Å². The van der Waals surface area contributed by atoms with Crippen molar-refractivity contribution in [2.75, 3.05) is 37.6 Å². The number of nitrogens with zero attached hydrogens (tertiary/aromatic N) is 4. The van der Waals surface area contributed by atoms with Gasteiger partial charge in [0.2, 0.25) is 0 Å². The second-order valence-electron chi connectivity index (χ2n) is 6.51. The van der Waals surface area contributed by atoms with Crippen LogP contribution in [0.1, 0.15) is 49.5 Å². The Bertz CT molecular complexity index is 504. The molecule has 0 spiro atoms. The summed E-state index contributed by atoms with van der Waals surface area (Å²) in [5.41, 5.74) is 0.423. The summed E-state index contributed by atoms with van der Waals surface area (Å²) in [6.07, 6.45) is 5.86. The third-order valence-electron chi connectivity index (χ3n) is 4.97. The zero-order valence-corrected chi connectivity index (χ0v) is 14.0. The molecule has 0 aromatic carbocycles. The minimum Gasteiger partial charge on any atom is -0.353 e. The van der Waals surface area contributed by atoms with Crippen LogP contribution in [-0.4, -0.2) is 59.8 Å². The van der Waals surface area contributed by atoms with Crippen LogP contribution in [0.2, 0.25) is 0 Å². The predicted molar refractivity (Wildman–Crippen MR) is 90.7 cm³/mol. The Morgan fingerprint density at radius 1 is 1.13 bits per heavy atom. The van der Waals surface area contributed by atoms with Crippen molar-refractivity contribution < 1.29 is 4.79 Å². The number of anilines is 1. The highest BCUT2D eigenvalue weighted by molar-refractivity contribution is 5.92. The average molecular weight is 317 g/mol. The zero-order chi connectivity index (χ0) is 16.1. The second kappa shape index (κ2) is 7.73. The third kappa shape index (κ3) is 4.19. The number of carbonyl (C=O) groups is 1. The van der Waals surface area contributed by atoms with Crippen LogP contribution >= 0.6 is 0 Å². The predicted octanol–water partition coefficient (Wildman–Crippen LogP) is 1.68. The topological polar surface area (TPSA) is 61.4 Å². The van der Waals surface area contributed by atoms with Crippen LogP contribution in [0.15, 0.2) is 12.1 Å². The van der Waals surface area contributed by atoms with Gasteiger partial charge in [0.15, 0.2) is 11.5 Å². The van der Waals surface area contributed by atoms with Crippen molar-refractivity contribution in [3.8, 4) is 0 Å². The SMILES string of the molecule is CCN1CCN(c2ccc(C(=O)NC3CCCCC3)nn2)CC1. The summed E-state index contributed by atoms with van der Waals surface area (Å²) in [4.78, 5) is 16.9. The van der Waals surface area contributed by atoms with Gasteiger partial charge < -0.3 is 15.1 Å². The van der Waals surface area contributed by atoms with Gasteiger partial charge in [0.05, 0.1) is 0 Å². The Morgan fingerprint density at radius 2 is 1.87 bits per heavy atom. The normalized spacial score (nSPS) is 20.5. The van der Waals surface area contributed by atoms with Gasteiger partial charge in [-0.1, -0.05) is 26.2 Å². The summed E-state index contributed by atoms with van der Waals surface area (Å²) >= 11 is 0. The number of amides is 1. The van der Waals surface area contributed by atoms with E-state index in [-0.39, 0.29) is 5.91 Å². The van der Waals surface area contributed by atoms with E-state index in [2.05, 4.69) is 32.2 Å². The molecule has 6 heteroatoms. The molecule has 6 nitrogen and oxygen atoms in total. The van der Waals surface area contributed by atoms with Crippen LogP contribution in [-0.2, 0) is 0 Å². The Balaban J connectivity index is 1.55. The van der Waals surface area contributed by atoms with Crippen molar-refractivity contribution in [2.45, 2.75) is 45.1 Å². The highest BCUT2D eigenvalue weighted by Crippen LogP contribution is 2.18. The maximum atomic E-state index is 12.2. The van der Waals surface area contributed by atoms with Crippen LogP contribution in [0, 0.1) is 0 Å². The van der Waals surface area contributed by atoms with Gasteiger partial charge in [0.25, 0.3) is 5.91 Å². The van der Waals surface area contributed by atoms with E-state index in [0.29, 0.717) is 11.7 Å². The van der Waals surface area contributed by atoms with Crippen molar-refractivity contribution in [3.05, 3.63) is 17.8 Å². The number of rotatable bonds is 4. The minimum atomic E-state index is -0.0910. The highest BCUT2D eigenvalue weighted by atomic mass is 16.2. The molecule has 2 fully saturated rings. The number of likely N-dealkylation sites (N-methyl/N-ethyl adjacent to an activating group) is 1. The van der Waals surface area contributed by atoms with Gasteiger partial charge in [-0.2, -0.15) is 0 Å². The highest BCUT2D eigenvalue weighted by Gasteiger charge is 2.20. The van der Waals surface area contributed by atoms with Crippen LogP contribution in [0.5, 0.6) is 0 Å². The number of hydrogen-bond donors (Lipinski definition) is 1. The van der Waals surface area contributed by atoms with E-state index in [1.54, 1.807) is 6.07 Å². The molecule has 126 valence electrons. The first-order valence-corrected chi connectivity index (χ1v) is 8.88. The van der Waals surface area contributed by atoms with E-state index in [4.69, 9.17) is 0 Å². The lowest BCUT2D eigenvalue weighted by Gasteiger charge is -2.34. The monoisotopic (exact) mass is 317 g/mol. The summed E-state index contributed by atoms with van der Waals surface area (Å²) in [6.45, 7) is 7.34. The van der Waals surface area contributed by atoms with Gasteiger partial charge in [-0.05, 0) is 31.5 Å². The molecule has 0 atom stereocenters. The fourth-order valence-electron chi connectivity index (χ4n) is 3.41. The molecule has 2 heterocycles. The molecule has 2 aliphatic rings. The van der Waals surface area contributed by atoms with Crippen LogP contribution in [0.25, 0.3) is 0 Å². The van der Waals surface area contributed by atoms with E-state index >= 15 is 0 Å². The first-order valence-electron chi connectivity index (χ1n) is 8.88. The summed E-state index contributed by atoms with van der Waals surface area (Å²) in [6, 6.07) is 4.02. The molecule has 0 unspecified atom stereocenters. The summed E-state index contributed by atoms with van der Waals surface area (Å²) < 4.78 is 0. The van der Waals surface area contributed by atoms with Crippen LogP contribution in [0.3, 0.4) is 0 Å². The lowest BCUT2D eigenvalue weighted by molar-refractivity contribution is 0.0921. The summed E-state index contributed by atoms with van der Waals surface area (Å²) in [5, 5.41) is 11.5. The van der Waals surface area contributed by atoms with E-state index in [1.807, 2.05) is 6.07 Å². The number of nitrogens with one attached hydrogen (secondary N) is 1. The number of aromatic nitrogens is 2. The van der Waals surface area contributed by atoms with Crippen LogP contribution in [0.4, 0.5) is 5.82 Å². The minimum absolute atomic E-state index is 0.0910.